The van der Waals surface area contributed by atoms with Crippen LogP contribution in [-0.4, -0.2) is 19.7 Å². The van der Waals surface area contributed by atoms with Gasteiger partial charge in [-0.25, -0.2) is 0 Å². The largest absolute Gasteiger partial charge is 0.434 e. The molecule has 0 aromatic heterocycles. The van der Waals surface area contributed by atoms with E-state index in [9.17, 15) is 8.78 Å². The fourth-order valence-electron chi connectivity index (χ4n) is 1.45. The predicted octanol–water partition coefficient (Wildman–Crippen LogP) is 2.75. The Bertz CT molecular complexity index is 496. The van der Waals surface area contributed by atoms with Crippen LogP contribution in [0.25, 0.3) is 10.4 Å². The molecule has 0 fully saturated rings. The first-order valence-electron chi connectivity index (χ1n) is 5.36. The molecule has 1 atom stereocenters. The zero-order chi connectivity index (χ0) is 14.1. The number of alkyl halides is 2. The summed E-state index contributed by atoms with van der Waals surface area (Å²) in [5.41, 5.74) is 8.42. The maximum absolute atomic E-state index is 12.2. The molecule has 0 heterocycles. The Labute approximate surface area is 108 Å². The molecule has 0 saturated heterocycles. The van der Waals surface area contributed by atoms with Crippen molar-refractivity contribution in [1.82, 2.24) is 5.32 Å². The fourth-order valence-corrected chi connectivity index (χ4v) is 1.45. The van der Waals surface area contributed by atoms with Gasteiger partial charge in [-0.3, -0.25) is 5.32 Å². The van der Waals surface area contributed by atoms with Crippen molar-refractivity contribution in [2.24, 2.45) is 5.11 Å². The number of rotatable bonds is 7. The number of azide groups is 1. The van der Waals surface area contributed by atoms with Crippen LogP contribution >= 0.6 is 0 Å². The summed E-state index contributed by atoms with van der Waals surface area (Å²) in [6.45, 7) is -2.54. The SMILES string of the molecule is N#CC(NCCN=[N+]=[N-])c1ccccc1OC(F)F. The van der Waals surface area contributed by atoms with Crippen molar-refractivity contribution >= 4 is 0 Å². The molecule has 100 valence electrons. The second kappa shape index (κ2) is 7.87. The van der Waals surface area contributed by atoms with Crippen molar-refractivity contribution in [2.45, 2.75) is 12.7 Å². The van der Waals surface area contributed by atoms with Crippen LogP contribution < -0.4 is 10.1 Å². The first-order valence-corrected chi connectivity index (χ1v) is 5.36. The van der Waals surface area contributed by atoms with Gasteiger partial charge in [0.15, 0.2) is 0 Å². The van der Waals surface area contributed by atoms with Crippen molar-refractivity contribution in [2.75, 3.05) is 13.1 Å². The highest BCUT2D eigenvalue weighted by atomic mass is 19.3. The van der Waals surface area contributed by atoms with E-state index >= 15 is 0 Å². The molecule has 0 spiro atoms. The van der Waals surface area contributed by atoms with Gasteiger partial charge in [-0.1, -0.05) is 23.3 Å². The molecule has 1 rings (SSSR count). The van der Waals surface area contributed by atoms with E-state index in [2.05, 4.69) is 20.1 Å². The minimum atomic E-state index is -2.95. The molecule has 0 radical (unpaired) electrons. The average molecular weight is 267 g/mol. The maximum atomic E-state index is 12.2. The lowest BCUT2D eigenvalue weighted by Crippen LogP contribution is -2.23. The Balaban J connectivity index is 2.80. The third-order valence-corrected chi connectivity index (χ3v) is 2.20. The molecule has 1 N–H and O–H groups in total. The monoisotopic (exact) mass is 267 g/mol. The number of halogens is 2. The predicted molar refractivity (Wildman–Crippen MR) is 63.4 cm³/mol. The summed E-state index contributed by atoms with van der Waals surface area (Å²) >= 11 is 0. The fraction of sp³-hybridized carbons (Fsp3) is 0.364. The summed E-state index contributed by atoms with van der Waals surface area (Å²) in [5.74, 6) is -0.0552. The maximum Gasteiger partial charge on any atom is 0.387 e. The van der Waals surface area contributed by atoms with E-state index in [4.69, 9.17) is 10.8 Å². The lowest BCUT2D eigenvalue weighted by Gasteiger charge is -2.15. The molecule has 1 aromatic carbocycles. The molecule has 19 heavy (non-hydrogen) atoms. The summed E-state index contributed by atoms with van der Waals surface area (Å²) in [6.07, 6.45) is 0. The van der Waals surface area contributed by atoms with Crippen molar-refractivity contribution < 1.29 is 13.5 Å². The van der Waals surface area contributed by atoms with Gasteiger partial charge in [0.05, 0.1) is 6.07 Å². The van der Waals surface area contributed by atoms with Gasteiger partial charge in [-0.05, 0) is 11.6 Å². The van der Waals surface area contributed by atoms with E-state index in [0.29, 0.717) is 5.56 Å². The summed E-state index contributed by atoms with van der Waals surface area (Å²) in [5, 5.41) is 15.1. The molecular weight excluding hydrogens is 256 g/mol. The van der Waals surface area contributed by atoms with E-state index in [1.807, 2.05) is 6.07 Å². The van der Waals surface area contributed by atoms with Gasteiger partial charge in [-0.2, -0.15) is 14.0 Å². The average Bonchev–Trinajstić information content (AvgIpc) is 2.39. The van der Waals surface area contributed by atoms with Gasteiger partial charge in [-0.15, -0.1) is 0 Å². The molecule has 0 saturated carbocycles. The van der Waals surface area contributed by atoms with Crippen LogP contribution in [0, 0.1) is 11.3 Å². The molecule has 0 aliphatic carbocycles. The van der Waals surface area contributed by atoms with Crippen LogP contribution in [-0.2, 0) is 0 Å². The Hall–Kier alpha value is -2.36. The number of nitriles is 1. The van der Waals surface area contributed by atoms with Gasteiger partial charge in [0.2, 0.25) is 0 Å². The van der Waals surface area contributed by atoms with Crippen molar-refractivity contribution in [3.63, 3.8) is 0 Å². The minimum absolute atomic E-state index is 0.0552. The van der Waals surface area contributed by atoms with E-state index in [1.54, 1.807) is 6.07 Å². The third kappa shape index (κ3) is 4.79. The van der Waals surface area contributed by atoms with Crippen LogP contribution in [0.5, 0.6) is 5.75 Å². The minimum Gasteiger partial charge on any atom is -0.434 e. The normalized spacial score (nSPS) is 11.5. The third-order valence-electron chi connectivity index (χ3n) is 2.20. The second-order valence-electron chi connectivity index (χ2n) is 3.39. The highest BCUT2D eigenvalue weighted by Crippen LogP contribution is 2.26. The number of benzene rings is 1. The quantitative estimate of drug-likeness (QED) is 0.356. The Morgan fingerprint density at radius 2 is 2.21 bits per heavy atom. The zero-order valence-electron chi connectivity index (χ0n) is 9.83. The summed E-state index contributed by atoms with van der Waals surface area (Å²) < 4.78 is 28.8. The van der Waals surface area contributed by atoms with E-state index in [1.165, 1.54) is 18.2 Å². The zero-order valence-corrected chi connectivity index (χ0v) is 9.83. The van der Waals surface area contributed by atoms with Gasteiger partial charge < -0.3 is 4.74 Å². The number of hydrogen-bond donors (Lipinski definition) is 1. The van der Waals surface area contributed by atoms with E-state index in [-0.39, 0.29) is 18.8 Å². The Morgan fingerprint density at radius 3 is 2.84 bits per heavy atom. The molecule has 0 amide bonds. The van der Waals surface area contributed by atoms with Crippen molar-refractivity contribution in [1.29, 1.82) is 5.26 Å². The molecule has 6 nitrogen and oxygen atoms in total. The van der Waals surface area contributed by atoms with Gasteiger partial charge >= 0.3 is 6.61 Å². The molecule has 8 heteroatoms. The van der Waals surface area contributed by atoms with Crippen LogP contribution in [0.15, 0.2) is 29.4 Å². The van der Waals surface area contributed by atoms with Gasteiger partial charge in [0.1, 0.15) is 11.8 Å². The Morgan fingerprint density at radius 1 is 1.47 bits per heavy atom. The van der Waals surface area contributed by atoms with Gasteiger partial charge in [0, 0.05) is 23.6 Å². The Kier molecular flexibility index (Phi) is 6.09. The molecule has 0 bridgehead atoms. The summed E-state index contributed by atoms with van der Waals surface area (Å²) in [7, 11) is 0. The lowest BCUT2D eigenvalue weighted by atomic mass is 10.1. The number of nitrogens with one attached hydrogen (secondary N) is 1. The van der Waals surface area contributed by atoms with E-state index < -0.39 is 12.7 Å². The number of hydrogen-bond acceptors (Lipinski definition) is 4. The van der Waals surface area contributed by atoms with E-state index in [0.717, 1.165) is 0 Å². The topological polar surface area (TPSA) is 93.8 Å². The molecule has 0 aliphatic rings. The van der Waals surface area contributed by atoms with Gasteiger partial charge in [0.25, 0.3) is 0 Å². The summed E-state index contributed by atoms with van der Waals surface area (Å²) in [6, 6.07) is 7.16. The summed E-state index contributed by atoms with van der Waals surface area (Å²) in [4.78, 5) is 2.57. The molecular formula is C11H11F2N5O. The molecule has 0 aliphatic heterocycles. The number of nitrogens with zero attached hydrogens (tertiary/aromatic N) is 4. The highest BCUT2D eigenvalue weighted by Gasteiger charge is 2.16. The number of ether oxygens (including phenoxy) is 1. The van der Waals surface area contributed by atoms with Crippen LogP contribution in [0.2, 0.25) is 0 Å². The van der Waals surface area contributed by atoms with Crippen LogP contribution in [0.1, 0.15) is 11.6 Å². The standard InChI is InChI=1S/C11H11F2N5O/c12-11(13)19-10-4-2-1-3-8(10)9(7-14)16-5-6-17-18-15/h1-4,9,11,16H,5-6H2. The molecule has 1 unspecified atom stereocenters. The molecule has 1 aromatic rings. The highest BCUT2D eigenvalue weighted by molar-refractivity contribution is 5.38. The van der Waals surface area contributed by atoms with Crippen LogP contribution in [0.4, 0.5) is 8.78 Å². The number of para-hydroxylation sites is 1. The smallest absolute Gasteiger partial charge is 0.387 e. The first-order chi connectivity index (χ1) is 9.19. The van der Waals surface area contributed by atoms with Crippen molar-refractivity contribution in [3.05, 3.63) is 40.3 Å². The second-order valence-corrected chi connectivity index (χ2v) is 3.39. The van der Waals surface area contributed by atoms with Crippen LogP contribution in [0.3, 0.4) is 0 Å². The van der Waals surface area contributed by atoms with Crippen molar-refractivity contribution in [3.8, 4) is 11.8 Å². The lowest BCUT2D eigenvalue weighted by molar-refractivity contribution is -0.0505. The first kappa shape index (κ1) is 14.7.